The van der Waals surface area contributed by atoms with Gasteiger partial charge in [-0.1, -0.05) is 5.57 Å². The standard InChI is InChI=1S/C9H16O2/c1-7(2)6-8(10)11-9(3,4)5/h6H,1-5H3. The third-order valence-electron chi connectivity index (χ3n) is 0.813. The van der Waals surface area contributed by atoms with Crippen molar-refractivity contribution in [3.63, 3.8) is 0 Å². The van der Waals surface area contributed by atoms with Gasteiger partial charge in [0.15, 0.2) is 0 Å². The van der Waals surface area contributed by atoms with E-state index < -0.39 is 0 Å². The van der Waals surface area contributed by atoms with Crippen molar-refractivity contribution in [2.75, 3.05) is 0 Å². The molecule has 0 aliphatic carbocycles. The second kappa shape index (κ2) is 3.56. The Morgan fingerprint density at radius 2 is 1.73 bits per heavy atom. The topological polar surface area (TPSA) is 26.3 Å². The van der Waals surface area contributed by atoms with Crippen LogP contribution in [0.15, 0.2) is 11.6 Å². The van der Waals surface area contributed by atoms with Gasteiger partial charge in [-0.05, 0) is 34.6 Å². The Balaban J connectivity index is 4.00. The molecule has 0 amide bonds. The molecule has 0 aliphatic rings. The van der Waals surface area contributed by atoms with E-state index >= 15 is 0 Å². The molecule has 0 aromatic carbocycles. The molecule has 0 N–H and O–H groups in total. The predicted octanol–water partition coefficient (Wildman–Crippen LogP) is 2.29. The molecule has 0 aromatic heterocycles. The number of rotatable bonds is 1. The summed E-state index contributed by atoms with van der Waals surface area (Å²) < 4.78 is 5.03. The van der Waals surface area contributed by atoms with Crippen LogP contribution in [0.1, 0.15) is 34.6 Å². The molecular formula is C9H16O2. The summed E-state index contributed by atoms with van der Waals surface area (Å²) in [4.78, 5) is 11.0. The van der Waals surface area contributed by atoms with Crippen molar-refractivity contribution in [3.05, 3.63) is 11.6 Å². The molecule has 2 heteroatoms. The van der Waals surface area contributed by atoms with Gasteiger partial charge in [0, 0.05) is 6.08 Å². The lowest BCUT2D eigenvalue weighted by atomic mass is 10.2. The Hall–Kier alpha value is -0.790. The molecule has 0 heterocycles. The second-order valence-corrected chi connectivity index (χ2v) is 3.76. The van der Waals surface area contributed by atoms with E-state index in [9.17, 15) is 4.79 Å². The Kier molecular flexibility index (Phi) is 3.30. The minimum absolute atomic E-state index is 0.266. The van der Waals surface area contributed by atoms with E-state index in [2.05, 4.69) is 0 Å². The normalized spacial score (nSPS) is 10.6. The maximum atomic E-state index is 11.0. The monoisotopic (exact) mass is 156 g/mol. The summed E-state index contributed by atoms with van der Waals surface area (Å²) in [5.74, 6) is -0.266. The van der Waals surface area contributed by atoms with Crippen LogP contribution in [0.5, 0.6) is 0 Å². The van der Waals surface area contributed by atoms with Crippen molar-refractivity contribution in [1.29, 1.82) is 0 Å². The molecule has 0 spiro atoms. The van der Waals surface area contributed by atoms with Crippen LogP contribution in [-0.2, 0) is 9.53 Å². The first kappa shape index (κ1) is 10.2. The largest absolute Gasteiger partial charge is 0.457 e. The number of carbonyl (C=O) groups excluding carboxylic acids is 1. The second-order valence-electron chi connectivity index (χ2n) is 3.76. The number of carbonyl (C=O) groups is 1. The summed E-state index contributed by atoms with van der Waals surface area (Å²) in [6.07, 6.45) is 1.49. The fourth-order valence-electron chi connectivity index (χ4n) is 0.567. The fraction of sp³-hybridized carbons (Fsp3) is 0.667. The van der Waals surface area contributed by atoms with E-state index in [1.165, 1.54) is 6.08 Å². The number of esters is 1. The molecule has 0 radical (unpaired) electrons. The van der Waals surface area contributed by atoms with Gasteiger partial charge in [-0.15, -0.1) is 0 Å². The van der Waals surface area contributed by atoms with Crippen LogP contribution in [0.4, 0.5) is 0 Å². The van der Waals surface area contributed by atoms with Crippen LogP contribution in [0.25, 0.3) is 0 Å². The highest BCUT2D eigenvalue weighted by Crippen LogP contribution is 2.07. The zero-order valence-corrected chi connectivity index (χ0v) is 7.89. The van der Waals surface area contributed by atoms with E-state index in [0.29, 0.717) is 0 Å². The van der Waals surface area contributed by atoms with E-state index in [-0.39, 0.29) is 11.6 Å². The maximum absolute atomic E-state index is 11.0. The number of allylic oxidation sites excluding steroid dienone is 1. The smallest absolute Gasteiger partial charge is 0.331 e. The first-order chi connectivity index (χ1) is 4.81. The van der Waals surface area contributed by atoms with Crippen LogP contribution < -0.4 is 0 Å². The summed E-state index contributed by atoms with van der Waals surface area (Å²) in [6.45, 7) is 9.28. The molecule has 64 valence electrons. The zero-order valence-electron chi connectivity index (χ0n) is 7.89. The van der Waals surface area contributed by atoms with Crippen molar-refractivity contribution in [1.82, 2.24) is 0 Å². The van der Waals surface area contributed by atoms with Crippen LogP contribution in [0, 0.1) is 0 Å². The Morgan fingerprint density at radius 3 is 2.00 bits per heavy atom. The molecule has 0 fully saturated rings. The van der Waals surface area contributed by atoms with Crippen molar-refractivity contribution in [2.24, 2.45) is 0 Å². The highest BCUT2D eigenvalue weighted by molar-refractivity contribution is 5.82. The quantitative estimate of drug-likeness (QED) is 0.430. The number of hydrogen-bond acceptors (Lipinski definition) is 2. The van der Waals surface area contributed by atoms with Gasteiger partial charge in [-0.3, -0.25) is 0 Å². The van der Waals surface area contributed by atoms with Crippen molar-refractivity contribution < 1.29 is 9.53 Å². The summed E-state index contributed by atoms with van der Waals surface area (Å²) >= 11 is 0. The minimum Gasteiger partial charge on any atom is -0.457 e. The first-order valence-electron chi connectivity index (χ1n) is 3.69. The lowest BCUT2D eigenvalue weighted by Gasteiger charge is -2.18. The van der Waals surface area contributed by atoms with Crippen LogP contribution in [-0.4, -0.2) is 11.6 Å². The highest BCUT2D eigenvalue weighted by Gasteiger charge is 2.13. The van der Waals surface area contributed by atoms with Crippen molar-refractivity contribution >= 4 is 5.97 Å². The first-order valence-corrected chi connectivity index (χ1v) is 3.69. The lowest BCUT2D eigenvalue weighted by molar-refractivity contribution is -0.148. The number of ether oxygens (including phenoxy) is 1. The van der Waals surface area contributed by atoms with Gasteiger partial charge in [0.05, 0.1) is 0 Å². The fourth-order valence-corrected chi connectivity index (χ4v) is 0.567. The average Bonchev–Trinajstić information content (AvgIpc) is 1.53. The molecule has 0 saturated carbocycles. The molecule has 0 unspecified atom stereocenters. The molecule has 2 nitrogen and oxygen atoms in total. The zero-order chi connectivity index (χ0) is 9.07. The Morgan fingerprint density at radius 1 is 1.27 bits per heavy atom. The molecular weight excluding hydrogens is 140 g/mol. The van der Waals surface area contributed by atoms with Crippen LogP contribution in [0.2, 0.25) is 0 Å². The molecule has 11 heavy (non-hydrogen) atoms. The summed E-state index contributed by atoms with van der Waals surface area (Å²) in [6, 6.07) is 0. The number of hydrogen-bond donors (Lipinski definition) is 0. The van der Waals surface area contributed by atoms with Crippen molar-refractivity contribution in [2.45, 2.75) is 40.2 Å². The van der Waals surface area contributed by atoms with Gasteiger partial charge in [-0.2, -0.15) is 0 Å². The van der Waals surface area contributed by atoms with Gasteiger partial charge in [0.2, 0.25) is 0 Å². The Bertz CT molecular complexity index is 168. The minimum atomic E-state index is -0.386. The van der Waals surface area contributed by atoms with Crippen LogP contribution >= 0.6 is 0 Å². The average molecular weight is 156 g/mol. The van der Waals surface area contributed by atoms with E-state index in [0.717, 1.165) is 5.57 Å². The summed E-state index contributed by atoms with van der Waals surface area (Å²) in [5.41, 5.74) is 0.572. The molecule has 0 aliphatic heterocycles. The third kappa shape index (κ3) is 7.10. The molecule has 0 atom stereocenters. The predicted molar refractivity (Wildman–Crippen MR) is 45.3 cm³/mol. The Labute approximate surface area is 68.2 Å². The van der Waals surface area contributed by atoms with Gasteiger partial charge < -0.3 is 4.74 Å². The third-order valence-corrected chi connectivity index (χ3v) is 0.813. The molecule has 0 bridgehead atoms. The SMILES string of the molecule is CC(C)=CC(=O)OC(C)(C)C. The van der Waals surface area contributed by atoms with Crippen molar-refractivity contribution in [3.8, 4) is 0 Å². The van der Waals surface area contributed by atoms with E-state index in [1.54, 1.807) is 0 Å². The molecule has 0 saturated heterocycles. The van der Waals surface area contributed by atoms with E-state index in [1.807, 2.05) is 34.6 Å². The van der Waals surface area contributed by atoms with Gasteiger partial charge in [-0.25, -0.2) is 4.79 Å². The highest BCUT2D eigenvalue weighted by atomic mass is 16.6. The molecule has 0 aromatic rings. The lowest BCUT2D eigenvalue weighted by Crippen LogP contribution is -2.22. The summed E-state index contributed by atoms with van der Waals surface area (Å²) in [5, 5.41) is 0. The van der Waals surface area contributed by atoms with Gasteiger partial charge >= 0.3 is 5.97 Å². The molecule has 0 rings (SSSR count). The van der Waals surface area contributed by atoms with Crippen LogP contribution in [0.3, 0.4) is 0 Å². The van der Waals surface area contributed by atoms with E-state index in [4.69, 9.17) is 4.74 Å². The van der Waals surface area contributed by atoms with Gasteiger partial charge in [0.1, 0.15) is 5.60 Å². The maximum Gasteiger partial charge on any atom is 0.331 e. The summed E-state index contributed by atoms with van der Waals surface area (Å²) in [7, 11) is 0. The van der Waals surface area contributed by atoms with Gasteiger partial charge in [0.25, 0.3) is 0 Å².